The van der Waals surface area contributed by atoms with Crippen molar-refractivity contribution in [3.8, 4) is 17.3 Å². The SMILES string of the molecule is N#CCc1ccc(F)c(-c2c(Cl)c(Cl)c(Cl)c(Cl)c2Cl)n1. The molecule has 0 N–H and O–H groups in total. The molecule has 2 nitrogen and oxygen atoms in total. The van der Waals surface area contributed by atoms with E-state index in [-0.39, 0.29) is 42.8 Å². The fourth-order valence-electron chi connectivity index (χ4n) is 1.65. The van der Waals surface area contributed by atoms with Crippen LogP contribution in [-0.2, 0) is 6.42 Å². The van der Waals surface area contributed by atoms with E-state index in [1.165, 1.54) is 6.07 Å². The van der Waals surface area contributed by atoms with Crippen LogP contribution in [0.4, 0.5) is 4.39 Å². The van der Waals surface area contributed by atoms with Crippen LogP contribution in [0.25, 0.3) is 11.3 Å². The topological polar surface area (TPSA) is 36.7 Å². The van der Waals surface area contributed by atoms with E-state index in [4.69, 9.17) is 63.3 Å². The van der Waals surface area contributed by atoms with E-state index in [0.717, 1.165) is 6.07 Å². The van der Waals surface area contributed by atoms with Crippen molar-refractivity contribution in [3.63, 3.8) is 0 Å². The van der Waals surface area contributed by atoms with Crippen LogP contribution in [0.3, 0.4) is 0 Å². The first-order valence-corrected chi connectivity index (χ1v) is 7.31. The van der Waals surface area contributed by atoms with Crippen molar-refractivity contribution >= 4 is 58.0 Å². The fraction of sp³-hybridized carbons (Fsp3) is 0.0769. The van der Waals surface area contributed by atoms with E-state index in [2.05, 4.69) is 4.98 Å². The smallest absolute Gasteiger partial charge is 0.149 e. The van der Waals surface area contributed by atoms with Crippen LogP contribution in [0.5, 0.6) is 0 Å². The molecular weight excluding hydrogens is 380 g/mol. The Morgan fingerprint density at radius 3 is 2.00 bits per heavy atom. The van der Waals surface area contributed by atoms with E-state index < -0.39 is 5.82 Å². The van der Waals surface area contributed by atoms with E-state index in [1.54, 1.807) is 0 Å². The third kappa shape index (κ3) is 3.06. The highest BCUT2D eigenvalue weighted by Crippen LogP contribution is 2.48. The van der Waals surface area contributed by atoms with Crippen molar-refractivity contribution < 1.29 is 4.39 Å². The molecule has 0 spiro atoms. The Morgan fingerprint density at radius 1 is 0.952 bits per heavy atom. The molecule has 1 aromatic carbocycles. The molecule has 0 amide bonds. The molecule has 2 aromatic rings. The minimum atomic E-state index is -0.671. The minimum absolute atomic E-state index is 0.0115. The molecule has 1 heterocycles. The second-order valence-electron chi connectivity index (χ2n) is 3.91. The molecule has 0 aliphatic rings. The van der Waals surface area contributed by atoms with Gasteiger partial charge >= 0.3 is 0 Å². The molecule has 8 heteroatoms. The van der Waals surface area contributed by atoms with Crippen molar-refractivity contribution in [1.29, 1.82) is 5.26 Å². The molecule has 108 valence electrons. The van der Waals surface area contributed by atoms with E-state index in [0.29, 0.717) is 5.69 Å². The Balaban J connectivity index is 2.79. The first-order chi connectivity index (χ1) is 9.88. The largest absolute Gasteiger partial charge is 0.249 e. The molecule has 0 saturated heterocycles. The summed E-state index contributed by atoms with van der Waals surface area (Å²) >= 11 is 29.9. The van der Waals surface area contributed by atoms with Gasteiger partial charge in [-0.2, -0.15) is 5.26 Å². The molecule has 1 aromatic heterocycles. The van der Waals surface area contributed by atoms with Gasteiger partial charge in [-0.3, -0.25) is 0 Å². The molecule has 21 heavy (non-hydrogen) atoms. The van der Waals surface area contributed by atoms with E-state index >= 15 is 0 Å². The summed E-state index contributed by atoms with van der Waals surface area (Å²) in [6.07, 6.45) is 0.0115. The molecule has 0 atom stereocenters. The van der Waals surface area contributed by atoms with Gasteiger partial charge in [-0.05, 0) is 12.1 Å². The summed E-state index contributed by atoms with van der Waals surface area (Å²) in [5.41, 5.74) is 0.261. The number of benzene rings is 1. The molecule has 0 aliphatic carbocycles. The average molecular weight is 384 g/mol. The zero-order valence-corrected chi connectivity index (χ0v) is 13.8. The zero-order valence-electron chi connectivity index (χ0n) is 10.0. The number of hydrogen-bond acceptors (Lipinski definition) is 2. The van der Waals surface area contributed by atoms with Crippen LogP contribution in [-0.4, -0.2) is 4.98 Å². The number of rotatable bonds is 2. The highest BCUT2D eigenvalue weighted by Gasteiger charge is 2.23. The molecule has 0 bridgehead atoms. The summed E-state index contributed by atoms with van der Waals surface area (Å²) in [7, 11) is 0. The maximum absolute atomic E-state index is 14.0. The minimum Gasteiger partial charge on any atom is -0.249 e. The highest BCUT2D eigenvalue weighted by molar-refractivity contribution is 6.56. The Hall–Kier alpha value is -0.760. The number of nitriles is 1. The maximum Gasteiger partial charge on any atom is 0.149 e. The van der Waals surface area contributed by atoms with Crippen molar-refractivity contribution in [2.75, 3.05) is 0 Å². The number of aromatic nitrogens is 1. The van der Waals surface area contributed by atoms with Gasteiger partial charge in [0.15, 0.2) is 0 Å². The van der Waals surface area contributed by atoms with Crippen LogP contribution in [0.15, 0.2) is 12.1 Å². The van der Waals surface area contributed by atoms with E-state index in [9.17, 15) is 4.39 Å². The Bertz CT molecular complexity index is 741. The van der Waals surface area contributed by atoms with Crippen molar-refractivity contribution in [2.45, 2.75) is 6.42 Å². The quantitative estimate of drug-likeness (QED) is 0.455. The molecule has 0 saturated carbocycles. The molecular formula is C13H4Cl5FN2. The van der Waals surface area contributed by atoms with Crippen LogP contribution in [0.2, 0.25) is 25.1 Å². The van der Waals surface area contributed by atoms with Gasteiger partial charge in [0, 0.05) is 5.56 Å². The van der Waals surface area contributed by atoms with Crippen LogP contribution in [0.1, 0.15) is 5.69 Å². The Morgan fingerprint density at radius 2 is 1.48 bits per heavy atom. The zero-order chi connectivity index (χ0) is 15.7. The molecule has 0 aliphatic heterocycles. The maximum atomic E-state index is 14.0. The van der Waals surface area contributed by atoms with Crippen molar-refractivity contribution in [2.24, 2.45) is 0 Å². The fourth-order valence-corrected chi connectivity index (χ4v) is 2.97. The lowest BCUT2D eigenvalue weighted by Crippen LogP contribution is -1.97. The molecule has 2 rings (SSSR count). The van der Waals surface area contributed by atoms with Crippen molar-refractivity contribution in [1.82, 2.24) is 4.98 Å². The normalized spacial score (nSPS) is 10.5. The summed E-state index contributed by atoms with van der Waals surface area (Å²) in [6.45, 7) is 0. The van der Waals surface area contributed by atoms with Crippen LogP contribution < -0.4 is 0 Å². The summed E-state index contributed by atoms with van der Waals surface area (Å²) in [5.74, 6) is -0.671. The number of nitrogens with zero attached hydrogens (tertiary/aromatic N) is 2. The lowest BCUT2D eigenvalue weighted by molar-refractivity contribution is 0.624. The predicted molar refractivity (Wildman–Crippen MR) is 84.0 cm³/mol. The lowest BCUT2D eigenvalue weighted by Gasteiger charge is -2.13. The van der Waals surface area contributed by atoms with Gasteiger partial charge in [-0.25, -0.2) is 9.37 Å². The Labute approximate surface area is 145 Å². The lowest BCUT2D eigenvalue weighted by atomic mass is 10.1. The summed E-state index contributed by atoms with van der Waals surface area (Å²) in [5, 5.41) is 8.46. The first kappa shape index (κ1) is 16.6. The number of halogens is 6. The van der Waals surface area contributed by atoms with Gasteiger partial charge in [-0.15, -0.1) is 0 Å². The van der Waals surface area contributed by atoms with Crippen LogP contribution >= 0.6 is 58.0 Å². The molecule has 0 fully saturated rings. The molecule has 0 radical (unpaired) electrons. The van der Waals surface area contributed by atoms with Gasteiger partial charge in [0.25, 0.3) is 0 Å². The predicted octanol–water partition coefficient (Wildman–Crippen LogP) is 6.22. The van der Waals surface area contributed by atoms with Gasteiger partial charge in [0.05, 0.1) is 43.3 Å². The Kier molecular flexibility index (Phi) is 5.19. The second-order valence-corrected chi connectivity index (χ2v) is 5.80. The number of hydrogen-bond donors (Lipinski definition) is 0. The summed E-state index contributed by atoms with van der Waals surface area (Å²) in [4.78, 5) is 4.04. The highest BCUT2D eigenvalue weighted by atomic mass is 35.5. The third-order valence-corrected chi connectivity index (χ3v) is 4.89. The van der Waals surface area contributed by atoms with Crippen molar-refractivity contribution in [3.05, 3.63) is 48.8 Å². The summed E-state index contributed by atoms with van der Waals surface area (Å²) < 4.78 is 14.0. The van der Waals surface area contributed by atoms with E-state index in [1.807, 2.05) is 6.07 Å². The number of pyridine rings is 1. The standard InChI is InChI=1S/C13H4Cl5FN2/c14-8-7(9(15)11(17)12(18)10(8)16)13-6(19)2-1-5(21-13)3-4-20/h1-2H,3H2. The summed E-state index contributed by atoms with van der Waals surface area (Å²) in [6, 6.07) is 4.48. The molecule has 0 unspecified atom stereocenters. The van der Waals surface area contributed by atoms with Gasteiger partial charge < -0.3 is 0 Å². The second kappa shape index (κ2) is 6.56. The van der Waals surface area contributed by atoms with Crippen LogP contribution in [0, 0.1) is 17.1 Å². The third-order valence-electron chi connectivity index (χ3n) is 2.61. The monoisotopic (exact) mass is 382 g/mol. The average Bonchev–Trinajstić information content (AvgIpc) is 2.47. The van der Waals surface area contributed by atoms with Gasteiger partial charge in [0.2, 0.25) is 0 Å². The van der Waals surface area contributed by atoms with Gasteiger partial charge in [0.1, 0.15) is 11.5 Å². The first-order valence-electron chi connectivity index (χ1n) is 5.42. The van der Waals surface area contributed by atoms with Gasteiger partial charge in [-0.1, -0.05) is 58.0 Å².